The Morgan fingerprint density at radius 1 is 1.41 bits per heavy atom. The molecule has 0 saturated heterocycles. The molecule has 0 saturated carbocycles. The highest BCUT2D eigenvalue weighted by Crippen LogP contribution is 2.28. The number of carbonyl (C=O) groups excluding carboxylic acids is 1. The van der Waals surface area contributed by atoms with Gasteiger partial charge < -0.3 is 15.2 Å². The highest BCUT2D eigenvalue weighted by molar-refractivity contribution is 9.10. The number of hydrogen-bond donors (Lipinski definition) is 1. The number of benzene rings is 1. The van der Waals surface area contributed by atoms with E-state index in [2.05, 4.69) is 20.7 Å². The van der Waals surface area contributed by atoms with E-state index >= 15 is 0 Å². The Hall–Kier alpha value is -1.07. The molecule has 94 valence electrons. The molecule has 17 heavy (non-hydrogen) atoms. The Morgan fingerprint density at radius 3 is 2.59 bits per heavy atom. The summed E-state index contributed by atoms with van der Waals surface area (Å²) >= 11 is 3.37. The molecule has 1 aromatic rings. The zero-order valence-electron chi connectivity index (χ0n) is 10.1. The van der Waals surface area contributed by atoms with Crippen LogP contribution < -0.4 is 10.5 Å². The van der Waals surface area contributed by atoms with Gasteiger partial charge in [0.05, 0.1) is 7.11 Å². The Bertz CT molecular complexity index is 407. The highest BCUT2D eigenvalue weighted by Gasteiger charge is 2.17. The normalized spacial score (nSPS) is 13.9. The maximum atomic E-state index is 11.3. The molecule has 0 radical (unpaired) electrons. The van der Waals surface area contributed by atoms with Gasteiger partial charge in [-0.25, -0.2) is 4.79 Å². The van der Waals surface area contributed by atoms with Crippen LogP contribution in [0.25, 0.3) is 0 Å². The van der Waals surface area contributed by atoms with E-state index in [-0.39, 0.29) is 6.04 Å². The number of ether oxygens (including phenoxy) is 2. The quantitative estimate of drug-likeness (QED) is 0.868. The van der Waals surface area contributed by atoms with Gasteiger partial charge in [0.15, 0.2) is 6.10 Å². The number of halogens is 1. The zero-order chi connectivity index (χ0) is 13.0. The van der Waals surface area contributed by atoms with Crippen LogP contribution in [-0.4, -0.2) is 19.2 Å². The van der Waals surface area contributed by atoms with E-state index in [1.54, 1.807) is 13.0 Å². The number of hydrogen-bond acceptors (Lipinski definition) is 4. The van der Waals surface area contributed by atoms with Crippen molar-refractivity contribution in [2.45, 2.75) is 26.0 Å². The molecule has 0 aliphatic rings. The molecule has 0 aromatic heterocycles. The molecule has 0 aliphatic heterocycles. The topological polar surface area (TPSA) is 61.5 Å². The van der Waals surface area contributed by atoms with E-state index in [0.29, 0.717) is 5.75 Å². The number of nitrogens with two attached hydrogens (primary N) is 1. The smallest absolute Gasteiger partial charge is 0.346 e. The highest BCUT2D eigenvalue weighted by atomic mass is 79.9. The molecule has 1 rings (SSSR count). The monoisotopic (exact) mass is 301 g/mol. The van der Waals surface area contributed by atoms with Crippen molar-refractivity contribution >= 4 is 21.9 Å². The molecule has 0 heterocycles. The van der Waals surface area contributed by atoms with E-state index in [4.69, 9.17) is 10.5 Å². The fraction of sp³-hybridized carbons (Fsp3) is 0.417. The molecule has 0 spiro atoms. The van der Waals surface area contributed by atoms with Gasteiger partial charge in [0.2, 0.25) is 0 Å². The number of carbonyl (C=O) groups is 1. The van der Waals surface area contributed by atoms with Crippen molar-refractivity contribution in [1.82, 2.24) is 0 Å². The van der Waals surface area contributed by atoms with Gasteiger partial charge in [-0.2, -0.15) is 0 Å². The minimum atomic E-state index is -0.654. The molecule has 0 amide bonds. The maximum Gasteiger partial charge on any atom is 0.346 e. The minimum Gasteiger partial charge on any atom is -0.479 e. The van der Waals surface area contributed by atoms with Crippen LogP contribution in [0.5, 0.6) is 5.75 Å². The lowest BCUT2D eigenvalue weighted by atomic mass is 10.1. The first-order valence-electron chi connectivity index (χ1n) is 5.25. The molecule has 0 fully saturated rings. The van der Waals surface area contributed by atoms with E-state index in [1.165, 1.54) is 7.11 Å². The van der Waals surface area contributed by atoms with Crippen LogP contribution in [0.1, 0.15) is 25.5 Å². The lowest BCUT2D eigenvalue weighted by Crippen LogP contribution is -2.25. The first-order chi connectivity index (χ1) is 7.95. The van der Waals surface area contributed by atoms with E-state index < -0.39 is 12.1 Å². The van der Waals surface area contributed by atoms with Crippen molar-refractivity contribution in [3.63, 3.8) is 0 Å². The SMILES string of the molecule is COC(=O)C(C)Oc1ccc(Br)cc1C(C)N. The lowest BCUT2D eigenvalue weighted by Gasteiger charge is -2.17. The molecule has 2 N–H and O–H groups in total. The van der Waals surface area contributed by atoms with Gasteiger partial charge in [0.25, 0.3) is 0 Å². The Morgan fingerprint density at radius 2 is 2.06 bits per heavy atom. The van der Waals surface area contributed by atoms with Crippen LogP contribution in [0.2, 0.25) is 0 Å². The number of esters is 1. The van der Waals surface area contributed by atoms with Crippen LogP contribution in [0, 0.1) is 0 Å². The summed E-state index contributed by atoms with van der Waals surface area (Å²) in [6.07, 6.45) is -0.654. The second-order valence-corrected chi connectivity index (χ2v) is 4.67. The summed E-state index contributed by atoms with van der Waals surface area (Å²) in [6.45, 7) is 3.50. The summed E-state index contributed by atoms with van der Waals surface area (Å²) in [5.74, 6) is 0.185. The molecule has 4 nitrogen and oxygen atoms in total. The van der Waals surface area contributed by atoms with Crippen molar-refractivity contribution in [2.75, 3.05) is 7.11 Å². The summed E-state index contributed by atoms with van der Waals surface area (Å²) in [7, 11) is 1.33. The average Bonchev–Trinajstić information content (AvgIpc) is 2.29. The van der Waals surface area contributed by atoms with Crippen molar-refractivity contribution < 1.29 is 14.3 Å². The Balaban J connectivity index is 2.94. The van der Waals surface area contributed by atoms with Gasteiger partial charge in [-0.3, -0.25) is 0 Å². The summed E-state index contributed by atoms with van der Waals surface area (Å²) in [4.78, 5) is 11.3. The van der Waals surface area contributed by atoms with E-state index in [0.717, 1.165) is 10.0 Å². The molecule has 1 aromatic carbocycles. The summed E-state index contributed by atoms with van der Waals surface area (Å²) < 4.78 is 11.1. The third kappa shape index (κ3) is 3.71. The zero-order valence-corrected chi connectivity index (χ0v) is 11.7. The number of rotatable bonds is 4. The van der Waals surface area contributed by atoms with Gasteiger partial charge >= 0.3 is 5.97 Å². The maximum absolute atomic E-state index is 11.3. The molecule has 2 atom stereocenters. The predicted octanol–water partition coefficient (Wildman–Crippen LogP) is 2.41. The average molecular weight is 302 g/mol. The van der Waals surface area contributed by atoms with Crippen molar-refractivity contribution in [1.29, 1.82) is 0 Å². The van der Waals surface area contributed by atoms with Crippen LogP contribution >= 0.6 is 15.9 Å². The van der Waals surface area contributed by atoms with Crippen LogP contribution in [0.3, 0.4) is 0 Å². The largest absolute Gasteiger partial charge is 0.479 e. The molecular formula is C12H16BrNO3. The van der Waals surface area contributed by atoms with Crippen molar-refractivity contribution in [2.24, 2.45) is 5.73 Å². The van der Waals surface area contributed by atoms with Crippen LogP contribution in [0.15, 0.2) is 22.7 Å². The second kappa shape index (κ2) is 6.02. The van der Waals surface area contributed by atoms with Crippen molar-refractivity contribution in [3.8, 4) is 5.75 Å². The molecule has 0 aliphatic carbocycles. The van der Waals surface area contributed by atoms with Gasteiger partial charge in [0.1, 0.15) is 5.75 Å². The van der Waals surface area contributed by atoms with Gasteiger partial charge in [-0.1, -0.05) is 15.9 Å². The van der Waals surface area contributed by atoms with E-state index in [9.17, 15) is 4.79 Å². The van der Waals surface area contributed by atoms with E-state index in [1.807, 2.05) is 19.1 Å². The summed E-state index contributed by atoms with van der Waals surface area (Å²) in [5, 5.41) is 0. The Kier molecular flexibility index (Phi) is 4.96. The second-order valence-electron chi connectivity index (χ2n) is 3.75. The molecule has 5 heteroatoms. The summed E-state index contributed by atoms with van der Waals surface area (Å²) in [6, 6.07) is 5.32. The first-order valence-corrected chi connectivity index (χ1v) is 6.04. The fourth-order valence-electron chi connectivity index (χ4n) is 1.39. The third-order valence-electron chi connectivity index (χ3n) is 2.30. The van der Waals surface area contributed by atoms with Gasteiger partial charge in [-0.15, -0.1) is 0 Å². The molecule has 2 unspecified atom stereocenters. The fourth-order valence-corrected chi connectivity index (χ4v) is 1.77. The molecule has 0 bridgehead atoms. The summed E-state index contributed by atoms with van der Waals surface area (Å²) in [5.41, 5.74) is 6.69. The lowest BCUT2D eigenvalue weighted by molar-refractivity contribution is -0.147. The van der Waals surface area contributed by atoms with Gasteiger partial charge in [-0.05, 0) is 32.0 Å². The van der Waals surface area contributed by atoms with Crippen molar-refractivity contribution in [3.05, 3.63) is 28.2 Å². The number of methoxy groups -OCH3 is 1. The third-order valence-corrected chi connectivity index (χ3v) is 2.79. The Labute approximate surface area is 109 Å². The standard InChI is InChI=1S/C12H16BrNO3/c1-7(14)10-6-9(13)4-5-11(10)17-8(2)12(15)16-3/h4-8H,14H2,1-3H3. The van der Waals surface area contributed by atoms with Gasteiger partial charge in [0, 0.05) is 16.1 Å². The molecular weight excluding hydrogens is 286 g/mol. The van der Waals surface area contributed by atoms with Crippen LogP contribution in [0.4, 0.5) is 0 Å². The first kappa shape index (κ1) is 14.0. The minimum absolute atomic E-state index is 0.174. The van der Waals surface area contributed by atoms with Crippen LogP contribution in [-0.2, 0) is 9.53 Å². The predicted molar refractivity (Wildman–Crippen MR) is 68.9 cm³/mol.